The fraction of sp³-hybridized carbons (Fsp3) is 0.667. The van der Waals surface area contributed by atoms with Crippen molar-refractivity contribution in [2.75, 3.05) is 24.7 Å². The number of aliphatic hydroxyl groups is 5. The van der Waals surface area contributed by atoms with E-state index in [9.17, 15) is 38.7 Å². The van der Waals surface area contributed by atoms with Crippen LogP contribution in [0.4, 0.5) is 13.2 Å². The van der Waals surface area contributed by atoms with E-state index < -0.39 is 64.7 Å². The molecular formula is C18H24F3O7S+. The molecular weight excluding hydrogens is 417 g/mol. The molecule has 0 aromatic heterocycles. The predicted molar refractivity (Wildman–Crippen MR) is 97.0 cm³/mol. The molecule has 2 aliphatic heterocycles. The van der Waals surface area contributed by atoms with E-state index in [1.807, 2.05) is 0 Å². The molecule has 2 heterocycles. The van der Waals surface area contributed by atoms with Gasteiger partial charge < -0.3 is 35.0 Å². The van der Waals surface area contributed by atoms with Gasteiger partial charge in [-0.2, -0.15) is 13.2 Å². The molecule has 0 spiro atoms. The first kappa shape index (κ1) is 22.8. The topological polar surface area (TPSA) is 120 Å². The zero-order chi connectivity index (χ0) is 21.3. The molecule has 5 N–H and O–H groups in total. The number of hydrogen-bond donors (Lipinski definition) is 5. The van der Waals surface area contributed by atoms with Crippen LogP contribution in [0.1, 0.15) is 17.4 Å². The smallest absolute Gasteiger partial charge is 0.391 e. The number of alkyl halides is 3. The van der Waals surface area contributed by atoms with E-state index in [0.717, 1.165) is 12.1 Å². The maximum absolute atomic E-state index is 12.9. The Kier molecular flexibility index (Phi) is 7.11. The van der Waals surface area contributed by atoms with Gasteiger partial charge in [0, 0.05) is 16.5 Å². The summed E-state index contributed by atoms with van der Waals surface area (Å²) >= 11 is 0. The summed E-state index contributed by atoms with van der Waals surface area (Å²) in [5.41, 5.74) is -0.766. The first-order chi connectivity index (χ1) is 13.6. The Morgan fingerprint density at radius 1 is 1.17 bits per heavy atom. The van der Waals surface area contributed by atoms with Crippen LogP contribution >= 0.6 is 0 Å². The van der Waals surface area contributed by atoms with Crippen molar-refractivity contribution < 1.29 is 48.2 Å². The normalized spacial score (nSPS) is 36.9. The molecule has 3 rings (SSSR count). The van der Waals surface area contributed by atoms with Gasteiger partial charge in [0.1, 0.15) is 42.0 Å². The molecule has 8 atom stereocenters. The summed E-state index contributed by atoms with van der Waals surface area (Å²) in [6, 6.07) is 4.42. The van der Waals surface area contributed by atoms with Crippen molar-refractivity contribution in [1.29, 1.82) is 0 Å². The van der Waals surface area contributed by atoms with Gasteiger partial charge in [-0.05, 0) is 12.1 Å². The van der Waals surface area contributed by atoms with Gasteiger partial charge in [-0.3, -0.25) is 0 Å². The summed E-state index contributed by atoms with van der Waals surface area (Å²) in [5, 5.41) is 49.3. The number of halogens is 3. The number of rotatable bonds is 5. The summed E-state index contributed by atoms with van der Waals surface area (Å²) in [6.07, 6.45) is -11.4. The van der Waals surface area contributed by atoms with Gasteiger partial charge in [0.05, 0.1) is 18.8 Å². The van der Waals surface area contributed by atoms with Crippen LogP contribution in [-0.4, -0.2) is 86.0 Å². The standard InChI is InChI=1S/C18H24F3O7S/c19-18(20,21)10-3-1-2-9(4-10)17-27-6-11(23)16(28-17)13(25)8-29-7-12(24)15(26)14(29)5-22/h1-4,11-17,22-26H,5-8H2/q+1/t11-,12-,13-,14-,15+,16+,17?,29?/m1/s1. The van der Waals surface area contributed by atoms with E-state index in [1.54, 1.807) is 0 Å². The number of benzene rings is 1. The molecule has 164 valence electrons. The minimum absolute atomic E-state index is 0.0520. The monoisotopic (exact) mass is 441 g/mol. The highest BCUT2D eigenvalue weighted by atomic mass is 32.2. The highest BCUT2D eigenvalue weighted by molar-refractivity contribution is 7.97. The van der Waals surface area contributed by atoms with E-state index in [-0.39, 0.29) is 30.3 Å². The minimum Gasteiger partial charge on any atom is -0.391 e. The highest BCUT2D eigenvalue weighted by Crippen LogP contribution is 2.34. The molecule has 2 unspecified atom stereocenters. The van der Waals surface area contributed by atoms with E-state index in [1.165, 1.54) is 12.1 Å². The fourth-order valence-electron chi connectivity index (χ4n) is 3.54. The number of ether oxygens (including phenoxy) is 2. The third kappa shape index (κ3) is 5.05. The Balaban J connectivity index is 1.70. The summed E-state index contributed by atoms with van der Waals surface area (Å²) in [6.45, 7) is -0.608. The SMILES string of the molecule is OC[C@@H]1[C@@H](O)[C@H](O)C[S+]1C[C@@H](O)[C@H]1OC(c2cccc(C(F)(F)F)c2)OC[C@H]1O. The van der Waals surface area contributed by atoms with Crippen LogP contribution in [-0.2, 0) is 26.5 Å². The first-order valence-electron chi connectivity index (χ1n) is 9.05. The van der Waals surface area contributed by atoms with E-state index in [0.29, 0.717) is 0 Å². The van der Waals surface area contributed by atoms with Gasteiger partial charge in [0.25, 0.3) is 0 Å². The van der Waals surface area contributed by atoms with Crippen LogP contribution in [0.2, 0.25) is 0 Å². The molecule has 0 radical (unpaired) electrons. The van der Waals surface area contributed by atoms with Crippen molar-refractivity contribution in [3.05, 3.63) is 35.4 Å². The van der Waals surface area contributed by atoms with Crippen molar-refractivity contribution in [1.82, 2.24) is 0 Å². The predicted octanol–water partition coefficient (Wildman–Crippen LogP) is -0.444. The molecule has 1 aromatic carbocycles. The van der Waals surface area contributed by atoms with Crippen molar-refractivity contribution in [3.8, 4) is 0 Å². The highest BCUT2D eigenvalue weighted by Gasteiger charge is 2.51. The third-order valence-corrected chi connectivity index (χ3v) is 7.92. The quantitative estimate of drug-likeness (QED) is 0.393. The lowest BCUT2D eigenvalue weighted by atomic mass is 10.1. The van der Waals surface area contributed by atoms with Crippen LogP contribution in [0.5, 0.6) is 0 Å². The maximum atomic E-state index is 12.9. The van der Waals surface area contributed by atoms with Crippen LogP contribution in [0.25, 0.3) is 0 Å². The van der Waals surface area contributed by atoms with Crippen LogP contribution < -0.4 is 0 Å². The molecule has 1 aromatic rings. The average Bonchev–Trinajstić information content (AvgIpc) is 2.94. The molecule has 2 aliphatic rings. The van der Waals surface area contributed by atoms with Crippen molar-refractivity contribution >= 4 is 10.9 Å². The summed E-state index contributed by atoms with van der Waals surface area (Å²) in [7, 11) is -0.724. The molecule has 2 saturated heterocycles. The Labute approximate surface area is 168 Å². The van der Waals surface area contributed by atoms with Crippen LogP contribution in [0.15, 0.2) is 24.3 Å². The lowest BCUT2D eigenvalue weighted by Crippen LogP contribution is -2.50. The zero-order valence-corrected chi connectivity index (χ0v) is 16.1. The van der Waals surface area contributed by atoms with Gasteiger partial charge in [-0.25, -0.2) is 0 Å². The van der Waals surface area contributed by atoms with Crippen molar-refractivity contribution in [2.24, 2.45) is 0 Å². The lowest BCUT2D eigenvalue weighted by molar-refractivity contribution is -0.273. The second-order valence-electron chi connectivity index (χ2n) is 7.17. The largest absolute Gasteiger partial charge is 0.416 e. The molecule has 0 bridgehead atoms. The van der Waals surface area contributed by atoms with Gasteiger partial charge in [-0.1, -0.05) is 12.1 Å². The Bertz CT molecular complexity index is 692. The van der Waals surface area contributed by atoms with Gasteiger partial charge in [-0.15, -0.1) is 0 Å². The second kappa shape index (κ2) is 9.06. The Morgan fingerprint density at radius 3 is 2.55 bits per heavy atom. The first-order valence-corrected chi connectivity index (χ1v) is 10.7. The van der Waals surface area contributed by atoms with Crippen molar-refractivity contribution in [3.63, 3.8) is 0 Å². The minimum atomic E-state index is -4.53. The Morgan fingerprint density at radius 2 is 1.90 bits per heavy atom. The fourth-order valence-corrected chi connectivity index (χ4v) is 6.22. The number of aliphatic hydroxyl groups excluding tert-OH is 5. The maximum Gasteiger partial charge on any atom is 0.416 e. The zero-order valence-electron chi connectivity index (χ0n) is 15.3. The number of hydrogen-bond acceptors (Lipinski definition) is 7. The van der Waals surface area contributed by atoms with Gasteiger partial charge in [0.2, 0.25) is 0 Å². The van der Waals surface area contributed by atoms with Crippen LogP contribution in [0.3, 0.4) is 0 Å². The molecule has 29 heavy (non-hydrogen) atoms. The van der Waals surface area contributed by atoms with Gasteiger partial charge >= 0.3 is 6.18 Å². The summed E-state index contributed by atoms with van der Waals surface area (Å²) < 4.78 is 49.7. The molecule has 0 amide bonds. The summed E-state index contributed by atoms with van der Waals surface area (Å²) in [4.78, 5) is 0. The summed E-state index contributed by atoms with van der Waals surface area (Å²) in [5.74, 6) is 0.246. The van der Waals surface area contributed by atoms with E-state index in [2.05, 4.69) is 0 Å². The average molecular weight is 441 g/mol. The van der Waals surface area contributed by atoms with E-state index in [4.69, 9.17) is 9.47 Å². The lowest BCUT2D eigenvalue weighted by Gasteiger charge is -2.36. The van der Waals surface area contributed by atoms with Crippen LogP contribution in [0, 0.1) is 0 Å². The second-order valence-corrected chi connectivity index (χ2v) is 9.52. The van der Waals surface area contributed by atoms with Gasteiger partial charge in [0.15, 0.2) is 11.5 Å². The molecule has 7 nitrogen and oxygen atoms in total. The molecule has 2 fully saturated rings. The third-order valence-electron chi connectivity index (χ3n) is 5.10. The van der Waals surface area contributed by atoms with Crippen molar-refractivity contribution in [2.45, 2.75) is 48.2 Å². The Hall–Kier alpha value is -0.920. The molecule has 0 aliphatic carbocycles. The van der Waals surface area contributed by atoms with E-state index >= 15 is 0 Å². The molecule has 0 saturated carbocycles. The molecule has 11 heteroatoms.